The monoisotopic (exact) mass is 345 g/mol. The Balaban J connectivity index is 1.85. The number of benzene rings is 2. The summed E-state index contributed by atoms with van der Waals surface area (Å²) in [6.45, 7) is 0.513. The molecular weight excluding hydrogens is 333 g/mol. The first kappa shape index (κ1) is 13.8. The Hall–Kier alpha value is -2.14. The zero-order valence-electron chi connectivity index (χ0n) is 11.1. The number of nitrogen functional groups attached to an aromatic ring is 1. The van der Waals surface area contributed by atoms with Gasteiger partial charge in [-0.2, -0.15) is 5.10 Å². The van der Waals surface area contributed by atoms with E-state index in [1.807, 2.05) is 36.5 Å². The summed E-state index contributed by atoms with van der Waals surface area (Å²) in [5, 5.41) is 4.31. The molecule has 5 heteroatoms. The van der Waals surface area contributed by atoms with E-state index < -0.39 is 0 Å². The molecule has 0 unspecified atom stereocenters. The van der Waals surface area contributed by atoms with Gasteiger partial charge >= 0.3 is 0 Å². The van der Waals surface area contributed by atoms with Gasteiger partial charge in [-0.3, -0.25) is 4.68 Å². The normalized spacial score (nSPS) is 10.8. The van der Waals surface area contributed by atoms with Gasteiger partial charge in [0.05, 0.1) is 12.7 Å². The highest BCUT2D eigenvalue weighted by Crippen LogP contribution is 2.21. The molecule has 2 N–H and O–H groups in total. The molecule has 2 aromatic carbocycles. The number of hydrogen-bond acceptors (Lipinski definition) is 2. The van der Waals surface area contributed by atoms with E-state index in [1.54, 1.807) is 10.9 Å². The van der Waals surface area contributed by atoms with Crippen molar-refractivity contribution in [2.24, 2.45) is 0 Å². The second-order valence-corrected chi connectivity index (χ2v) is 5.75. The average molecular weight is 346 g/mol. The van der Waals surface area contributed by atoms with Gasteiger partial charge in [-0.05, 0) is 41.5 Å². The Morgan fingerprint density at radius 3 is 2.76 bits per heavy atom. The van der Waals surface area contributed by atoms with E-state index in [0.29, 0.717) is 12.2 Å². The van der Waals surface area contributed by atoms with Gasteiger partial charge in [-0.25, -0.2) is 4.39 Å². The third kappa shape index (κ3) is 3.31. The number of hydrogen-bond donors (Lipinski definition) is 1. The molecule has 0 atom stereocenters. The fraction of sp³-hybridized carbons (Fsp3) is 0.0625. The van der Waals surface area contributed by atoms with Crippen LogP contribution in [0.4, 0.5) is 10.1 Å². The van der Waals surface area contributed by atoms with Crippen LogP contribution in [-0.4, -0.2) is 9.78 Å². The van der Waals surface area contributed by atoms with Crippen LogP contribution in [0.15, 0.2) is 59.3 Å². The van der Waals surface area contributed by atoms with Crippen LogP contribution in [0.1, 0.15) is 5.56 Å². The Kier molecular flexibility index (Phi) is 3.75. The molecule has 0 bridgehead atoms. The zero-order valence-corrected chi connectivity index (χ0v) is 12.7. The predicted molar refractivity (Wildman–Crippen MR) is 85.3 cm³/mol. The lowest BCUT2D eigenvalue weighted by molar-refractivity contribution is 0.618. The standard InChI is InChI=1S/C16H13BrFN3/c17-14-4-11(5-15(18)7-14)9-21-10-13(8-20-21)12-2-1-3-16(19)6-12/h1-8,10H,9,19H2. The lowest BCUT2D eigenvalue weighted by Crippen LogP contribution is -2.00. The summed E-state index contributed by atoms with van der Waals surface area (Å²) >= 11 is 3.29. The summed E-state index contributed by atoms with van der Waals surface area (Å²) in [6.07, 6.45) is 3.71. The SMILES string of the molecule is Nc1cccc(-c2cnn(Cc3cc(F)cc(Br)c3)c2)c1. The fourth-order valence-electron chi connectivity index (χ4n) is 2.21. The Morgan fingerprint density at radius 2 is 2.00 bits per heavy atom. The topological polar surface area (TPSA) is 43.8 Å². The summed E-state index contributed by atoms with van der Waals surface area (Å²) in [4.78, 5) is 0. The number of aromatic nitrogens is 2. The number of rotatable bonds is 3. The maximum absolute atomic E-state index is 13.4. The average Bonchev–Trinajstić information content (AvgIpc) is 2.86. The van der Waals surface area contributed by atoms with Crippen molar-refractivity contribution < 1.29 is 4.39 Å². The van der Waals surface area contributed by atoms with Gasteiger partial charge in [0.1, 0.15) is 5.82 Å². The Morgan fingerprint density at radius 1 is 1.14 bits per heavy atom. The molecule has 106 valence electrons. The second-order valence-electron chi connectivity index (χ2n) is 4.83. The van der Waals surface area contributed by atoms with Gasteiger partial charge in [0.2, 0.25) is 0 Å². The van der Waals surface area contributed by atoms with Gasteiger partial charge in [0.15, 0.2) is 0 Å². The summed E-state index contributed by atoms with van der Waals surface area (Å²) < 4.78 is 15.9. The minimum atomic E-state index is -0.261. The first-order valence-electron chi connectivity index (χ1n) is 6.43. The van der Waals surface area contributed by atoms with E-state index >= 15 is 0 Å². The van der Waals surface area contributed by atoms with Crippen LogP contribution in [0.25, 0.3) is 11.1 Å². The number of anilines is 1. The molecule has 0 aliphatic carbocycles. The van der Waals surface area contributed by atoms with Crippen molar-refractivity contribution in [2.75, 3.05) is 5.73 Å². The van der Waals surface area contributed by atoms with Crippen molar-refractivity contribution >= 4 is 21.6 Å². The number of halogens is 2. The molecule has 3 aromatic rings. The summed E-state index contributed by atoms with van der Waals surface area (Å²) in [5.41, 5.74) is 9.35. The van der Waals surface area contributed by atoms with Crippen LogP contribution in [0.5, 0.6) is 0 Å². The fourth-order valence-corrected chi connectivity index (χ4v) is 2.72. The highest BCUT2D eigenvalue weighted by molar-refractivity contribution is 9.10. The molecular formula is C16H13BrFN3. The third-order valence-electron chi connectivity index (χ3n) is 3.12. The highest BCUT2D eigenvalue weighted by atomic mass is 79.9. The maximum Gasteiger partial charge on any atom is 0.124 e. The van der Waals surface area contributed by atoms with E-state index in [9.17, 15) is 4.39 Å². The van der Waals surface area contributed by atoms with Crippen molar-refractivity contribution in [3.63, 3.8) is 0 Å². The Bertz CT molecular complexity index is 762. The highest BCUT2D eigenvalue weighted by Gasteiger charge is 2.04. The molecule has 3 rings (SSSR count). The first-order chi connectivity index (χ1) is 10.1. The van der Waals surface area contributed by atoms with Crippen LogP contribution in [0.3, 0.4) is 0 Å². The molecule has 0 radical (unpaired) electrons. The van der Waals surface area contributed by atoms with Crippen molar-refractivity contribution in [3.05, 3.63) is 70.7 Å². The number of nitrogens with two attached hydrogens (primary N) is 1. The van der Waals surface area contributed by atoms with Crippen molar-refractivity contribution in [2.45, 2.75) is 6.54 Å². The molecule has 0 spiro atoms. The van der Waals surface area contributed by atoms with Gasteiger partial charge in [-0.15, -0.1) is 0 Å². The van der Waals surface area contributed by atoms with E-state index in [4.69, 9.17) is 5.73 Å². The largest absolute Gasteiger partial charge is 0.399 e. The van der Waals surface area contributed by atoms with E-state index in [1.165, 1.54) is 12.1 Å². The minimum Gasteiger partial charge on any atom is -0.399 e. The quantitative estimate of drug-likeness (QED) is 0.726. The van der Waals surface area contributed by atoms with Crippen molar-refractivity contribution in [1.82, 2.24) is 9.78 Å². The second kappa shape index (κ2) is 5.69. The Labute approximate surface area is 130 Å². The van der Waals surface area contributed by atoms with Crippen LogP contribution in [0.2, 0.25) is 0 Å². The molecule has 21 heavy (non-hydrogen) atoms. The summed E-state index contributed by atoms with van der Waals surface area (Å²) in [7, 11) is 0. The minimum absolute atomic E-state index is 0.261. The molecule has 0 amide bonds. The van der Waals surface area contributed by atoms with Crippen molar-refractivity contribution in [1.29, 1.82) is 0 Å². The van der Waals surface area contributed by atoms with E-state index in [2.05, 4.69) is 21.0 Å². The van der Waals surface area contributed by atoms with Crippen LogP contribution in [-0.2, 0) is 6.54 Å². The van der Waals surface area contributed by atoms with E-state index in [-0.39, 0.29) is 5.82 Å². The van der Waals surface area contributed by atoms with Crippen molar-refractivity contribution in [3.8, 4) is 11.1 Å². The molecule has 1 heterocycles. The molecule has 0 saturated carbocycles. The first-order valence-corrected chi connectivity index (χ1v) is 7.23. The third-order valence-corrected chi connectivity index (χ3v) is 3.58. The van der Waals surface area contributed by atoms with Gasteiger partial charge in [0.25, 0.3) is 0 Å². The van der Waals surface area contributed by atoms with Crippen LogP contribution < -0.4 is 5.73 Å². The van der Waals surface area contributed by atoms with Crippen LogP contribution in [0, 0.1) is 5.82 Å². The maximum atomic E-state index is 13.4. The molecule has 0 aliphatic rings. The summed E-state index contributed by atoms with van der Waals surface area (Å²) in [5.74, 6) is -0.261. The zero-order chi connectivity index (χ0) is 14.8. The molecule has 0 aliphatic heterocycles. The summed E-state index contributed by atoms with van der Waals surface area (Å²) in [6, 6.07) is 12.5. The van der Waals surface area contributed by atoms with Gasteiger partial charge < -0.3 is 5.73 Å². The molecule has 3 nitrogen and oxygen atoms in total. The molecule has 0 fully saturated rings. The van der Waals surface area contributed by atoms with E-state index in [0.717, 1.165) is 21.2 Å². The molecule has 0 saturated heterocycles. The van der Waals surface area contributed by atoms with Gasteiger partial charge in [0, 0.05) is 21.9 Å². The lowest BCUT2D eigenvalue weighted by atomic mass is 10.1. The smallest absolute Gasteiger partial charge is 0.124 e. The molecule has 1 aromatic heterocycles. The number of nitrogens with zero attached hydrogens (tertiary/aromatic N) is 2. The van der Waals surface area contributed by atoms with Crippen LogP contribution >= 0.6 is 15.9 Å². The van der Waals surface area contributed by atoms with Gasteiger partial charge in [-0.1, -0.05) is 28.1 Å². The lowest BCUT2D eigenvalue weighted by Gasteiger charge is -2.03. The predicted octanol–water partition coefficient (Wildman–Crippen LogP) is 4.08.